The number of thiophene rings is 1. The molecular weight excluding hydrogens is 365 g/mol. The third kappa shape index (κ3) is 3.39. The van der Waals surface area contributed by atoms with Gasteiger partial charge in [-0.3, -0.25) is 14.2 Å². The fourth-order valence-corrected chi connectivity index (χ4v) is 5.01. The number of aromatic nitrogens is 2. The minimum absolute atomic E-state index is 0.119. The summed E-state index contributed by atoms with van der Waals surface area (Å²) in [5.41, 5.74) is 1.44. The lowest BCUT2D eigenvalue weighted by Crippen LogP contribution is -2.30. The molecule has 1 amide bonds. The Balaban J connectivity index is 1.66. The maximum Gasteiger partial charge on any atom is 0.263 e. The summed E-state index contributed by atoms with van der Waals surface area (Å²) in [5, 5.41) is 3.36. The van der Waals surface area contributed by atoms with Crippen LogP contribution in [0, 0.1) is 18.7 Å². The van der Waals surface area contributed by atoms with Gasteiger partial charge in [0.2, 0.25) is 5.91 Å². The molecule has 1 aliphatic rings. The molecule has 140 valence electrons. The number of fused-ring (bicyclic) bond motifs is 3. The highest BCUT2D eigenvalue weighted by Crippen LogP contribution is 2.35. The van der Waals surface area contributed by atoms with Crippen LogP contribution in [0.5, 0.6) is 0 Å². The second-order valence-electron chi connectivity index (χ2n) is 7.14. The quantitative estimate of drug-likeness (QED) is 0.748. The second-order valence-corrected chi connectivity index (χ2v) is 8.22. The number of hydrogen-bond acceptors (Lipinski definition) is 4. The highest BCUT2D eigenvalue weighted by Gasteiger charge is 2.24. The van der Waals surface area contributed by atoms with Crippen molar-refractivity contribution in [2.45, 2.75) is 39.7 Å². The van der Waals surface area contributed by atoms with Crippen LogP contribution >= 0.6 is 11.3 Å². The molecule has 3 aromatic rings. The van der Waals surface area contributed by atoms with Gasteiger partial charge in [0.15, 0.2) is 0 Å². The number of amides is 1. The summed E-state index contributed by atoms with van der Waals surface area (Å²) in [7, 11) is 0. The maximum absolute atomic E-state index is 13.1. The van der Waals surface area contributed by atoms with Crippen LogP contribution in [0.1, 0.15) is 29.6 Å². The Morgan fingerprint density at radius 3 is 2.85 bits per heavy atom. The Hall–Kier alpha value is -2.54. The fourth-order valence-electron chi connectivity index (χ4n) is 3.59. The molecule has 5 nitrogen and oxygen atoms in total. The molecule has 0 aliphatic heterocycles. The molecular formula is C20H20FN3O2S. The third-order valence-electron chi connectivity index (χ3n) is 5.04. The molecule has 7 heteroatoms. The van der Waals surface area contributed by atoms with Crippen molar-refractivity contribution in [1.29, 1.82) is 0 Å². The van der Waals surface area contributed by atoms with Gasteiger partial charge in [-0.2, -0.15) is 0 Å². The molecule has 1 N–H and O–H groups in total. The van der Waals surface area contributed by atoms with Crippen molar-refractivity contribution in [3.8, 4) is 0 Å². The molecule has 1 unspecified atom stereocenters. The highest BCUT2D eigenvalue weighted by molar-refractivity contribution is 7.18. The first kappa shape index (κ1) is 17.9. The Morgan fingerprint density at radius 1 is 1.37 bits per heavy atom. The predicted octanol–water partition coefficient (Wildman–Crippen LogP) is 3.67. The number of nitrogens with zero attached hydrogens (tertiary/aromatic N) is 2. The van der Waals surface area contributed by atoms with Crippen molar-refractivity contribution >= 4 is 33.1 Å². The van der Waals surface area contributed by atoms with Gasteiger partial charge >= 0.3 is 0 Å². The van der Waals surface area contributed by atoms with Crippen LogP contribution in [0.3, 0.4) is 0 Å². The first-order valence-electron chi connectivity index (χ1n) is 8.99. The lowest BCUT2D eigenvalue weighted by atomic mass is 9.89. The van der Waals surface area contributed by atoms with Crippen molar-refractivity contribution in [2.24, 2.45) is 5.92 Å². The van der Waals surface area contributed by atoms with Crippen molar-refractivity contribution in [1.82, 2.24) is 9.55 Å². The second kappa shape index (κ2) is 6.88. The predicted molar refractivity (Wildman–Crippen MR) is 105 cm³/mol. The lowest BCUT2D eigenvalue weighted by Gasteiger charge is -2.17. The lowest BCUT2D eigenvalue weighted by molar-refractivity contribution is -0.116. The molecule has 2 heterocycles. The Labute approximate surface area is 159 Å². The minimum atomic E-state index is -0.369. The Kier molecular flexibility index (Phi) is 4.55. The number of rotatable bonds is 3. The van der Waals surface area contributed by atoms with E-state index in [1.165, 1.54) is 33.7 Å². The van der Waals surface area contributed by atoms with E-state index in [0.29, 0.717) is 22.8 Å². The maximum atomic E-state index is 13.1. The molecule has 0 spiro atoms. The smallest absolute Gasteiger partial charge is 0.263 e. The number of aryl methyl sites for hydroxylation is 2. The monoisotopic (exact) mass is 385 g/mol. The van der Waals surface area contributed by atoms with E-state index >= 15 is 0 Å². The molecule has 1 atom stereocenters. The van der Waals surface area contributed by atoms with E-state index < -0.39 is 0 Å². The number of nitrogens with one attached hydrogen (secondary N) is 1. The van der Waals surface area contributed by atoms with Crippen LogP contribution in [0.2, 0.25) is 0 Å². The van der Waals surface area contributed by atoms with Crippen LogP contribution in [0.25, 0.3) is 10.2 Å². The molecule has 1 aromatic carbocycles. The van der Waals surface area contributed by atoms with E-state index in [9.17, 15) is 14.0 Å². The van der Waals surface area contributed by atoms with Gasteiger partial charge < -0.3 is 5.32 Å². The van der Waals surface area contributed by atoms with Crippen LogP contribution in [-0.2, 0) is 24.2 Å². The number of hydrogen-bond donors (Lipinski definition) is 1. The topological polar surface area (TPSA) is 64.0 Å². The SMILES string of the molecule is Cc1nc2sc3c(c2c(=O)n1CC(=O)Nc1ccc(F)cc1)CCC(C)C3. The van der Waals surface area contributed by atoms with Crippen LogP contribution in [0.15, 0.2) is 29.1 Å². The van der Waals surface area contributed by atoms with Gasteiger partial charge in [-0.1, -0.05) is 6.92 Å². The third-order valence-corrected chi connectivity index (χ3v) is 6.18. The largest absolute Gasteiger partial charge is 0.325 e. The minimum Gasteiger partial charge on any atom is -0.325 e. The van der Waals surface area contributed by atoms with Gasteiger partial charge in [0.1, 0.15) is 23.0 Å². The van der Waals surface area contributed by atoms with Gasteiger partial charge in [0, 0.05) is 10.6 Å². The van der Waals surface area contributed by atoms with E-state index in [-0.39, 0.29) is 23.8 Å². The summed E-state index contributed by atoms with van der Waals surface area (Å²) in [6.45, 7) is 3.85. The normalized spacial score (nSPS) is 16.3. The molecule has 0 bridgehead atoms. The number of carbonyl (C=O) groups excluding carboxylic acids is 1. The van der Waals surface area contributed by atoms with Crippen molar-refractivity contribution in [3.63, 3.8) is 0 Å². The van der Waals surface area contributed by atoms with E-state index in [4.69, 9.17) is 0 Å². The number of carbonyl (C=O) groups is 1. The summed E-state index contributed by atoms with van der Waals surface area (Å²) < 4.78 is 14.4. The summed E-state index contributed by atoms with van der Waals surface area (Å²) in [6, 6.07) is 5.53. The van der Waals surface area contributed by atoms with Crippen molar-refractivity contribution in [2.75, 3.05) is 5.32 Å². The van der Waals surface area contributed by atoms with Gasteiger partial charge in [-0.05, 0) is 61.9 Å². The number of halogens is 1. The number of anilines is 1. The summed E-state index contributed by atoms with van der Waals surface area (Å²) >= 11 is 1.60. The molecule has 1 aliphatic carbocycles. The molecule has 0 radical (unpaired) electrons. The van der Waals surface area contributed by atoms with E-state index in [2.05, 4.69) is 17.2 Å². The van der Waals surface area contributed by atoms with Gasteiger partial charge in [-0.15, -0.1) is 11.3 Å². The van der Waals surface area contributed by atoms with Crippen LogP contribution < -0.4 is 10.9 Å². The average Bonchev–Trinajstić information content (AvgIpc) is 2.97. The van der Waals surface area contributed by atoms with E-state index in [1.54, 1.807) is 18.3 Å². The van der Waals surface area contributed by atoms with Crippen molar-refractivity contribution < 1.29 is 9.18 Å². The molecule has 2 aromatic heterocycles. The zero-order chi connectivity index (χ0) is 19.1. The first-order chi connectivity index (χ1) is 12.9. The Morgan fingerprint density at radius 2 is 2.11 bits per heavy atom. The summed E-state index contributed by atoms with van der Waals surface area (Å²) in [6.07, 6.45) is 2.94. The zero-order valence-corrected chi connectivity index (χ0v) is 16.0. The van der Waals surface area contributed by atoms with Crippen molar-refractivity contribution in [3.05, 3.63) is 56.7 Å². The first-order valence-corrected chi connectivity index (χ1v) is 9.81. The van der Waals surface area contributed by atoms with E-state index in [0.717, 1.165) is 29.7 Å². The Bertz CT molecular complexity index is 1090. The zero-order valence-electron chi connectivity index (χ0n) is 15.2. The summed E-state index contributed by atoms with van der Waals surface area (Å²) in [5.74, 6) is 0.431. The van der Waals surface area contributed by atoms with Crippen LogP contribution in [-0.4, -0.2) is 15.5 Å². The molecule has 0 saturated carbocycles. The molecule has 27 heavy (non-hydrogen) atoms. The average molecular weight is 385 g/mol. The van der Waals surface area contributed by atoms with Crippen LogP contribution in [0.4, 0.5) is 10.1 Å². The molecule has 4 rings (SSSR count). The highest BCUT2D eigenvalue weighted by atomic mass is 32.1. The molecule has 0 saturated heterocycles. The standard InChI is InChI=1S/C20H20FN3O2S/c1-11-3-8-15-16(9-11)27-19-18(15)20(26)24(12(2)22-19)10-17(25)23-14-6-4-13(21)5-7-14/h4-7,11H,3,8-10H2,1-2H3,(H,23,25). The fraction of sp³-hybridized carbons (Fsp3) is 0.350. The van der Waals surface area contributed by atoms with E-state index in [1.807, 2.05) is 0 Å². The van der Waals surface area contributed by atoms with Gasteiger partial charge in [0.25, 0.3) is 5.56 Å². The summed E-state index contributed by atoms with van der Waals surface area (Å²) in [4.78, 5) is 32.1. The van der Waals surface area contributed by atoms with Gasteiger partial charge in [0.05, 0.1) is 5.39 Å². The van der Waals surface area contributed by atoms with Gasteiger partial charge in [-0.25, -0.2) is 9.37 Å². The molecule has 0 fully saturated rings. The number of benzene rings is 1.